The van der Waals surface area contributed by atoms with E-state index in [1.807, 2.05) is 12.1 Å². The lowest BCUT2D eigenvalue weighted by atomic mass is 9.84. The second-order valence-corrected chi connectivity index (χ2v) is 5.22. The summed E-state index contributed by atoms with van der Waals surface area (Å²) in [4.78, 5) is 12.1. The summed E-state index contributed by atoms with van der Waals surface area (Å²) in [5.74, 6) is 1.15. The van der Waals surface area contributed by atoms with E-state index in [4.69, 9.17) is 0 Å². The Hall–Kier alpha value is -1.37. The number of fused-ring (bicyclic) bond motifs is 1. The Balaban J connectivity index is 1.95. The Morgan fingerprint density at radius 2 is 1.59 bits per heavy atom. The molecule has 1 nitrogen and oxygen atoms in total. The molecule has 0 radical (unpaired) electrons. The highest BCUT2D eigenvalue weighted by Crippen LogP contribution is 2.43. The van der Waals surface area contributed by atoms with E-state index in [9.17, 15) is 4.79 Å². The fourth-order valence-electron chi connectivity index (χ4n) is 3.32. The first-order chi connectivity index (χ1) is 8.36. The fraction of sp³-hybridized carbons (Fsp3) is 0.438. The topological polar surface area (TPSA) is 17.1 Å². The Kier molecular flexibility index (Phi) is 2.84. The molecular weight excluding hydrogens is 208 g/mol. The van der Waals surface area contributed by atoms with Crippen molar-refractivity contribution in [3.8, 4) is 0 Å². The smallest absolute Gasteiger partial charge is 0.159 e. The highest BCUT2D eigenvalue weighted by molar-refractivity contribution is 6.04. The Bertz CT molecular complexity index is 444. The molecule has 1 aromatic rings. The average Bonchev–Trinajstić information content (AvgIpc) is 2.57. The fourth-order valence-corrected chi connectivity index (χ4v) is 3.32. The molecule has 2 aliphatic carbocycles. The van der Waals surface area contributed by atoms with Crippen molar-refractivity contribution in [2.45, 2.75) is 32.1 Å². The molecule has 0 aliphatic heterocycles. The minimum atomic E-state index is 0.285. The van der Waals surface area contributed by atoms with Crippen LogP contribution in [0, 0.1) is 11.8 Å². The number of allylic oxidation sites excluding steroid dienone is 2. The zero-order valence-corrected chi connectivity index (χ0v) is 10.1. The number of hydrogen-bond donors (Lipinski definition) is 0. The second-order valence-electron chi connectivity index (χ2n) is 5.22. The molecule has 88 valence electrons. The van der Waals surface area contributed by atoms with Crippen molar-refractivity contribution in [3.05, 3.63) is 42.0 Å². The Morgan fingerprint density at radius 3 is 2.35 bits per heavy atom. The summed E-state index contributed by atoms with van der Waals surface area (Å²) in [5.41, 5.74) is 2.54. The van der Waals surface area contributed by atoms with Gasteiger partial charge < -0.3 is 0 Å². The molecule has 0 N–H and O–H groups in total. The van der Waals surface area contributed by atoms with Crippen molar-refractivity contribution in [1.82, 2.24) is 0 Å². The van der Waals surface area contributed by atoms with Crippen molar-refractivity contribution >= 4 is 11.4 Å². The van der Waals surface area contributed by atoms with E-state index in [1.54, 1.807) is 0 Å². The normalized spacial score (nSPS) is 28.5. The third-order valence-corrected chi connectivity index (χ3v) is 4.19. The minimum absolute atomic E-state index is 0.285. The van der Waals surface area contributed by atoms with Crippen LogP contribution in [-0.4, -0.2) is 5.78 Å². The molecule has 1 heteroatoms. The van der Waals surface area contributed by atoms with Crippen LogP contribution in [0.2, 0.25) is 0 Å². The molecule has 0 amide bonds. The maximum absolute atomic E-state index is 12.1. The highest BCUT2D eigenvalue weighted by Gasteiger charge is 2.36. The van der Waals surface area contributed by atoms with Crippen molar-refractivity contribution in [2.24, 2.45) is 11.8 Å². The van der Waals surface area contributed by atoms with Crippen molar-refractivity contribution in [2.75, 3.05) is 0 Å². The van der Waals surface area contributed by atoms with Gasteiger partial charge in [-0.15, -0.1) is 0 Å². The molecule has 3 rings (SSSR count). The number of ketones is 1. The van der Waals surface area contributed by atoms with Crippen LogP contribution in [0.3, 0.4) is 0 Å². The van der Waals surface area contributed by atoms with Crippen LogP contribution in [0.4, 0.5) is 0 Å². The molecule has 1 fully saturated rings. The first kappa shape index (κ1) is 10.8. The van der Waals surface area contributed by atoms with Gasteiger partial charge in [0.1, 0.15) is 0 Å². The van der Waals surface area contributed by atoms with E-state index < -0.39 is 0 Å². The molecule has 0 aromatic heterocycles. The van der Waals surface area contributed by atoms with Gasteiger partial charge in [0.05, 0.1) is 0 Å². The molecule has 0 unspecified atom stereocenters. The third-order valence-electron chi connectivity index (χ3n) is 4.19. The number of rotatable bonds is 1. The standard InChI is InChI=1S/C16H18O/c17-16-11-15(12-7-3-1-4-8-12)13-9-5-2-6-10-14(13)16/h1,3-4,7-8,11,13-14H,2,5-6,9-10H2/t13-,14+/m1/s1. The van der Waals surface area contributed by atoms with E-state index >= 15 is 0 Å². The molecule has 0 saturated heterocycles. The molecule has 1 aromatic carbocycles. The first-order valence-corrected chi connectivity index (χ1v) is 6.67. The maximum atomic E-state index is 12.1. The van der Waals surface area contributed by atoms with Crippen LogP contribution < -0.4 is 0 Å². The van der Waals surface area contributed by atoms with E-state index in [1.165, 1.54) is 36.8 Å². The zero-order valence-electron chi connectivity index (χ0n) is 10.1. The second kappa shape index (κ2) is 4.48. The highest BCUT2D eigenvalue weighted by atomic mass is 16.1. The summed E-state index contributed by atoms with van der Waals surface area (Å²) in [6.07, 6.45) is 7.99. The first-order valence-electron chi connectivity index (χ1n) is 6.67. The van der Waals surface area contributed by atoms with Gasteiger partial charge in [-0.25, -0.2) is 0 Å². The lowest BCUT2D eigenvalue weighted by Gasteiger charge is -2.19. The largest absolute Gasteiger partial charge is 0.295 e. The molecule has 1 saturated carbocycles. The van der Waals surface area contributed by atoms with Gasteiger partial charge in [0.2, 0.25) is 0 Å². The quantitative estimate of drug-likeness (QED) is 0.711. The molecule has 0 heterocycles. The van der Waals surface area contributed by atoms with Gasteiger partial charge in [0.15, 0.2) is 5.78 Å². The van der Waals surface area contributed by atoms with Crippen molar-refractivity contribution in [3.63, 3.8) is 0 Å². The Labute approximate surface area is 103 Å². The minimum Gasteiger partial charge on any atom is -0.295 e. The van der Waals surface area contributed by atoms with Crippen LogP contribution in [-0.2, 0) is 4.79 Å². The van der Waals surface area contributed by atoms with E-state index in [2.05, 4.69) is 24.3 Å². The van der Waals surface area contributed by atoms with Gasteiger partial charge in [0.25, 0.3) is 0 Å². The van der Waals surface area contributed by atoms with Crippen molar-refractivity contribution in [1.29, 1.82) is 0 Å². The lowest BCUT2D eigenvalue weighted by molar-refractivity contribution is -0.118. The summed E-state index contributed by atoms with van der Waals surface area (Å²) >= 11 is 0. The van der Waals surface area contributed by atoms with E-state index in [-0.39, 0.29) is 5.92 Å². The third kappa shape index (κ3) is 1.95. The number of carbonyl (C=O) groups excluding carboxylic acids is 1. The number of carbonyl (C=O) groups is 1. The van der Waals surface area contributed by atoms with Crippen LogP contribution in [0.25, 0.3) is 5.57 Å². The summed E-state index contributed by atoms with van der Waals surface area (Å²) < 4.78 is 0. The maximum Gasteiger partial charge on any atom is 0.159 e. The molecule has 2 atom stereocenters. The average molecular weight is 226 g/mol. The van der Waals surface area contributed by atoms with Crippen LogP contribution >= 0.6 is 0 Å². The predicted octanol–water partition coefficient (Wildman–Crippen LogP) is 3.85. The van der Waals surface area contributed by atoms with Gasteiger partial charge >= 0.3 is 0 Å². The van der Waals surface area contributed by atoms with Gasteiger partial charge in [-0.3, -0.25) is 4.79 Å². The summed E-state index contributed by atoms with van der Waals surface area (Å²) in [6, 6.07) is 10.4. The number of hydrogen-bond acceptors (Lipinski definition) is 1. The summed E-state index contributed by atoms with van der Waals surface area (Å²) in [6.45, 7) is 0. The van der Waals surface area contributed by atoms with Gasteiger partial charge in [0, 0.05) is 5.92 Å². The Morgan fingerprint density at radius 1 is 0.882 bits per heavy atom. The molecule has 0 bridgehead atoms. The monoisotopic (exact) mass is 226 g/mol. The molecule has 2 aliphatic rings. The van der Waals surface area contributed by atoms with E-state index in [0.717, 1.165) is 6.42 Å². The zero-order chi connectivity index (χ0) is 11.7. The number of benzene rings is 1. The molecule has 0 spiro atoms. The van der Waals surface area contributed by atoms with Gasteiger partial charge in [-0.2, -0.15) is 0 Å². The predicted molar refractivity (Wildman–Crippen MR) is 69.5 cm³/mol. The van der Waals surface area contributed by atoms with Gasteiger partial charge in [-0.05, 0) is 36.0 Å². The van der Waals surface area contributed by atoms with E-state index in [0.29, 0.717) is 11.7 Å². The summed E-state index contributed by atoms with van der Waals surface area (Å²) in [5, 5.41) is 0. The SMILES string of the molecule is O=C1C=C(c2ccccc2)[C@@H]2CCCCC[C@H]12. The van der Waals surface area contributed by atoms with Crippen LogP contribution in [0.5, 0.6) is 0 Å². The van der Waals surface area contributed by atoms with Crippen LogP contribution in [0.1, 0.15) is 37.7 Å². The summed E-state index contributed by atoms with van der Waals surface area (Å²) in [7, 11) is 0. The lowest BCUT2D eigenvalue weighted by Crippen LogP contribution is -2.15. The van der Waals surface area contributed by atoms with Crippen molar-refractivity contribution < 1.29 is 4.79 Å². The van der Waals surface area contributed by atoms with Crippen LogP contribution in [0.15, 0.2) is 36.4 Å². The molecular formula is C16H18O. The molecule has 17 heavy (non-hydrogen) atoms. The van der Waals surface area contributed by atoms with Gasteiger partial charge in [-0.1, -0.05) is 49.6 Å².